The highest BCUT2D eigenvalue weighted by Gasteiger charge is 2.21. The molecule has 0 fully saturated rings. The summed E-state index contributed by atoms with van der Waals surface area (Å²) in [6, 6.07) is 15.2. The van der Waals surface area contributed by atoms with E-state index in [2.05, 4.69) is 0 Å². The van der Waals surface area contributed by atoms with E-state index in [1.165, 1.54) is 0 Å². The molecule has 3 heterocycles. The monoisotopic (exact) mass is 406 g/mol. The Labute approximate surface area is 172 Å². The van der Waals surface area contributed by atoms with Gasteiger partial charge in [0.25, 0.3) is 11.5 Å². The van der Waals surface area contributed by atoms with Crippen LogP contribution < -0.4 is 5.56 Å². The number of hydrogen-bond acceptors (Lipinski definition) is 4. The van der Waals surface area contributed by atoms with E-state index >= 15 is 0 Å². The zero-order valence-electron chi connectivity index (χ0n) is 16.4. The predicted molar refractivity (Wildman–Crippen MR) is 118 cm³/mol. The van der Waals surface area contributed by atoms with Gasteiger partial charge in [0.05, 0.1) is 15.8 Å². The Morgan fingerprint density at radius 3 is 2.72 bits per heavy atom. The van der Waals surface area contributed by atoms with Crippen molar-refractivity contribution >= 4 is 32.8 Å². The van der Waals surface area contributed by atoms with Gasteiger partial charge in [-0.25, -0.2) is 0 Å². The molecule has 0 aliphatic heterocycles. The molecule has 0 bridgehead atoms. The van der Waals surface area contributed by atoms with Crippen molar-refractivity contribution in [2.75, 3.05) is 27.3 Å². The molecule has 0 aliphatic carbocycles. The molecule has 148 valence electrons. The van der Waals surface area contributed by atoms with E-state index in [1.807, 2.05) is 47.8 Å². The molecule has 0 N–H and O–H groups in total. The number of pyridine rings is 2. The van der Waals surface area contributed by atoms with Crippen LogP contribution in [0.3, 0.4) is 0 Å². The van der Waals surface area contributed by atoms with Crippen LogP contribution in [0.5, 0.6) is 0 Å². The zero-order chi connectivity index (χ0) is 20.4. The SMILES string of the molecule is COCCCN(C)C(=O)c1cc(-c2ccccc2)c(=O)n2ccc3ccsc3c12. The van der Waals surface area contributed by atoms with Gasteiger partial charge in [-0.3, -0.25) is 14.0 Å². The summed E-state index contributed by atoms with van der Waals surface area (Å²) in [6.45, 7) is 1.18. The van der Waals surface area contributed by atoms with Gasteiger partial charge < -0.3 is 9.64 Å². The van der Waals surface area contributed by atoms with Gasteiger partial charge in [0.15, 0.2) is 0 Å². The summed E-state index contributed by atoms with van der Waals surface area (Å²) >= 11 is 1.54. The Bertz CT molecular complexity index is 1230. The predicted octanol–water partition coefficient (Wildman–Crippen LogP) is 4.29. The van der Waals surface area contributed by atoms with Crippen LogP contribution in [0.4, 0.5) is 0 Å². The normalized spacial score (nSPS) is 11.2. The summed E-state index contributed by atoms with van der Waals surface area (Å²) < 4.78 is 7.66. The van der Waals surface area contributed by atoms with E-state index in [1.54, 1.807) is 47.1 Å². The number of benzene rings is 1. The molecule has 0 aliphatic rings. The van der Waals surface area contributed by atoms with Gasteiger partial charge >= 0.3 is 0 Å². The topological polar surface area (TPSA) is 51.0 Å². The summed E-state index contributed by atoms with van der Waals surface area (Å²) in [7, 11) is 3.44. The molecule has 0 atom stereocenters. The highest BCUT2D eigenvalue weighted by Crippen LogP contribution is 2.30. The number of thiophene rings is 1. The minimum Gasteiger partial charge on any atom is -0.385 e. The van der Waals surface area contributed by atoms with E-state index in [4.69, 9.17) is 4.74 Å². The first-order valence-corrected chi connectivity index (χ1v) is 10.3. The molecule has 0 saturated carbocycles. The molecule has 4 aromatic rings. The van der Waals surface area contributed by atoms with E-state index < -0.39 is 0 Å². The first-order chi connectivity index (χ1) is 14.1. The summed E-state index contributed by atoms with van der Waals surface area (Å²) in [5.41, 5.74) is 2.41. The Morgan fingerprint density at radius 1 is 1.17 bits per heavy atom. The van der Waals surface area contributed by atoms with Crippen LogP contribution in [0.2, 0.25) is 0 Å². The first-order valence-electron chi connectivity index (χ1n) is 9.47. The fourth-order valence-electron chi connectivity index (χ4n) is 3.55. The number of ether oxygens (including phenoxy) is 1. The fourth-order valence-corrected chi connectivity index (χ4v) is 4.49. The number of methoxy groups -OCH3 is 1. The van der Waals surface area contributed by atoms with Crippen LogP contribution in [0.1, 0.15) is 16.8 Å². The van der Waals surface area contributed by atoms with Gasteiger partial charge in [-0.1, -0.05) is 30.3 Å². The van der Waals surface area contributed by atoms with Crippen molar-refractivity contribution in [1.29, 1.82) is 0 Å². The number of fused-ring (bicyclic) bond motifs is 3. The van der Waals surface area contributed by atoms with Gasteiger partial charge in [0.2, 0.25) is 0 Å². The third-order valence-corrected chi connectivity index (χ3v) is 5.99. The lowest BCUT2D eigenvalue weighted by atomic mass is 10.0. The molecular weight excluding hydrogens is 384 g/mol. The number of carbonyl (C=O) groups is 1. The molecule has 1 amide bonds. The molecule has 29 heavy (non-hydrogen) atoms. The molecule has 1 aromatic carbocycles. The largest absolute Gasteiger partial charge is 0.385 e. The number of nitrogens with zero attached hydrogens (tertiary/aromatic N) is 2. The zero-order valence-corrected chi connectivity index (χ0v) is 17.2. The van der Waals surface area contributed by atoms with Crippen LogP contribution in [-0.4, -0.2) is 42.5 Å². The van der Waals surface area contributed by atoms with Crippen molar-refractivity contribution < 1.29 is 9.53 Å². The maximum Gasteiger partial charge on any atom is 0.263 e. The second-order valence-electron chi connectivity index (χ2n) is 6.96. The average molecular weight is 407 g/mol. The number of aromatic nitrogens is 1. The summed E-state index contributed by atoms with van der Waals surface area (Å²) in [4.78, 5) is 28.4. The van der Waals surface area contributed by atoms with Crippen LogP contribution in [0, 0.1) is 0 Å². The van der Waals surface area contributed by atoms with Crippen molar-refractivity contribution in [2.45, 2.75) is 6.42 Å². The molecule has 0 unspecified atom stereocenters. The lowest BCUT2D eigenvalue weighted by Gasteiger charge is -2.19. The van der Waals surface area contributed by atoms with E-state index in [0.29, 0.717) is 29.8 Å². The number of amides is 1. The molecule has 6 heteroatoms. The van der Waals surface area contributed by atoms with Crippen LogP contribution in [-0.2, 0) is 4.74 Å². The van der Waals surface area contributed by atoms with Crippen molar-refractivity contribution in [1.82, 2.24) is 9.30 Å². The maximum absolute atomic E-state index is 13.4. The Morgan fingerprint density at radius 2 is 1.97 bits per heavy atom. The van der Waals surface area contributed by atoms with Gasteiger partial charge in [0.1, 0.15) is 0 Å². The van der Waals surface area contributed by atoms with E-state index in [-0.39, 0.29) is 11.5 Å². The molecule has 5 nitrogen and oxygen atoms in total. The average Bonchev–Trinajstić information content (AvgIpc) is 3.23. The summed E-state index contributed by atoms with van der Waals surface area (Å²) in [5, 5.41) is 3.01. The number of carbonyl (C=O) groups excluding carboxylic acids is 1. The van der Waals surface area contributed by atoms with Crippen LogP contribution in [0.15, 0.2) is 64.9 Å². The van der Waals surface area contributed by atoms with Crippen molar-refractivity contribution in [2.24, 2.45) is 0 Å². The molecule has 0 spiro atoms. The Hall–Kier alpha value is -2.96. The van der Waals surface area contributed by atoms with Crippen LogP contribution in [0.25, 0.3) is 26.7 Å². The molecular formula is C23H22N2O3S. The quantitative estimate of drug-likeness (QED) is 0.449. The minimum absolute atomic E-state index is 0.100. The molecule has 3 aromatic heterocycles. The Kier molecular flexibility index (Phi) is 5.47. The second kappa shape index (κ2) is 8.19. The van der Waals surface area contributed by atoms with Gasteiger partial charge in [-0.05, 0) is 40.9 Å². The lowest BCUT2D eigenvalue weighted by molar-refractivity contribution is 0.0781. The second-order valence-corrected chi connectivity index (χ2v) is 7.87. The lowest BCUT2D eigenvalue weighted by Crippen LogP contribution is -2.30. The minimum atomic E-state index is -0.125. The standard InChI is InChI=1S/C23H22N2O3S/c1-24(11-6-13-28-2)22(26)19-15-18(16-7-4-3-5-8-16)23(27)25-12-9-17-10-14-29-21(17)20(19)25/h3-5,7-10,12,14-15H,6,11,13H2,1-2H3. The van der Waals surface area contributed by atoms with E-state index in [9.17, 15) is 9.59 Å². The van der Waals surface area contributed by atoms with Gasteiger partial charge in [-0.2, -0.15) is 0 Å². The Balaban J connectivity index is 1.95. The van der Waals surface area contributed by atoms with Gasteiger partial charge in [-0.15, -0.1) is 11.3 Å². The number of rotatable bonds is 6. The third-order valence-electron chi connectivity index (χ3n) is 5.05. The first kappa shape index (κ1) is 19.4. The van der Waals surface area contributed by atoms with Crippen molar-refractivity contribution in [3.05, 3.63) is 76.0 Å². The number of hydrogen-bond donors (Lipinski definition) is 0. The molecule has 0 saturated heterocycles. The maximum atomic E-state index is 13.4. The van der Waals surface area contributed by atoms with Crippen molar-refractivity contribution in [3.8, 4) is 11.1 Å². The molecule has 0 radical (unpaired) electrons. The highest BCUT2D eigenvalue weighted by atomic mass is 32.1. The highest BCUT2D eigenvalue weighted by molar-refractivity contribution is 7.18. The third kappa shape index (κ3) is 3.57. The van der Waals surface area contributed by atoms with Crippen LogP contribution >= 0.6 is 11.3 Å². The van der Waals surface area contributed by atoms with E-state index in [0.717, 1.165) is 22.1 Å². The molecule has 4 rings (SSSR count). The summed E-state index contributed by atoms with van der Waals surface area (Å²) in [5.74, 6) is -0.100. The van der Waals surface area contributed by atoms with Crippen molar-refractivity contribution in [3.63, 3.8) is 0 Å². The smallest absolute Gasteiger partial charge is 0.263 e. The van der Waals surface area contributed by atoms with Gasteiger partial charge in [0, 0.05) is 39.1 Å². The fraction of sp³-hybridized carbons (Fsp3) is 0.217. The summed E-state index contributed by atoms with van der Waals surface area (Å²) in [6.07, 6.45) is 2.52.